The second-order valence-corrected chi connectivity index (χ2v) is 5.81. The number of ether oxygens (including phenoxy) is 1. The van der Waals surface area contributed by atoms with Gasteiger partial charge < -0.3 is 16.2 Å². The summed E-state index contributed by atoms with van der Waals surface area (Å²) in [5.41, 5.74) is 8.50. The van der Waals surface area contributed by atoms with Crippen LogP contribution in [-0.2, 0) is 9.53 Å². The molecule has 0 bridgehead atoms. The second kappa shape index (κ2) is 23.0. The molecule has 150 valence electrons. The number of allylic oxidation sites excluding steroid dienone is 6. The minimum absolute atomic E-state index is 0.0522. The van der Waals surface area contributed by atoms with Crippen LogP contribution >= 0.6 is 0 Å². The van der Waals surface area contributed by atoms with E-state index in [1.54, 1.807) is 0 Å². The molecule has 0 radical (unpaired) electrons. The number of nitrogens with two attached hydrogens (primary N) is 2. The van der Waals surface area contributed by atoms with Crippen molar-refractivity contribution in [2.75, 3.05) is 6.61 Å². The Balaban J connectivity index is 0. The maximum atomic E-state index is 11.1. The number of carbonyl (C=O) groups excluding carboxylic acids is 2. The van der Waals surface area contributed by atoms with E-state index in [2.05, 4.69) is 54.8 Å². The summed E-state index contributed by atoms with van der Waals surface area (Å²) in [4.78, 5) is 20.1. The van der Waals surface area contributed by atoms with Crippen LogP contribution in [-0.4, -0.2) is 18.6 Å². The summed E-state index contributed by atoms with van der Waals surface area (Å²) >= 11 is 0. The molecule has 5 heteroatoms. The first-order chi connectivity index (χ1) is 12.5. The van der Waals surface area contributed by atoms with Crippen LogP contribution in [0.15, 0.2) is 36.5 Å². The van der Waals surface area contributed by atoms with Crippen LogP contribution in [0.5, 0.6) is 0 Å². The Morgan fingerprint density at radius 3 is 1.85 bits per heavy atom. The molecular formula is C21H38N2O3. The van der Waals surface area contributed by atoms with Crippen LogP contribution in [0.4, 0.5) is 4.79 Å². The van der Waals surface area contributed by atoms with Crippen LogP contribution in [0.25, 0.3) is 0 Å². The molecule has 0 atom stereocenters. The standard InChI is InChI=1S/C20H34O2.CH4N2O/c1-3-5-6-7-8-9-10-11-12-13-14-15-16-17-18-19-20(21)22-4-2;2-1(3)4/h5-6,8-9,11-12H,3-4,7,10,13-19H2,1-2H3;(H4,2,3,4)/b6-5-,9-8-,12-11-;. The second-order valence-electron chi connectivity index (χ2n) is 5.81. The molecule has 0 spiro atoms. The molecule has 0 fully saturated rings. The number of hydrogen-bond acceptors (Lipinski definition) is 3. The van der Waals surface area contributed by atoms with E-state index in [0.717, 1.165) is 32.1 Å². The molecule has 26 heavy (non-hydrogen) atoms. The average Bonchev–Trinajstić information content (AvgIpc) is 2.58. The lowest BCUT2D eigenvalue weighted by Gasteiger charge is -2.01. The van der Waals surface area contributed by atoms with Crippen molar-refractivity contribution in [2.45, 2.75) is 78.1 Å². The molecule has 2 amide bonds. The monoisotopic (exact) mass is 366 g/mol. The summed E-state index contributed by atoms with van der Waals surface area (Å²) in [6, 6.07) is -0.833. The maximum absolute atomic E-state index is 11.1. The number of primary amides is 2. The van der Waals surface area contributed by atoms with Crippen molar-refractivity contribution in [1.82, 2.24) is 0 Å². The van der Waals surface area contributed by atoms with Crippen molar-refractivity contribution in [3.05, 3.63) is 36.5 Å². The molecule has 0 saturated carbocycles. The van der Waals surface area contributed by atoms with E-state index in [9.17, 15) is 4.79 Å². The summed E-state index contributed by atoms with van der Waals surface area (Å²) in [5, 5.41) is 0. The minimum atomic E-state index is -0.833. The van der Waals surface area contributed by atoms with Crippen LogP contribution in [0.1, 0.15) is 78.1 Å². The summed E-state index contributed by atoms with van der Waals surface area (Å²) in [6.07, 6.45) is 24.2. The third-order valence-corrected chi connectivity index (χ3v) is 3.34. The fourth-order valence-corrected chi connectivity index (χ4v) is 2.12. The Hall–Kier alpha value is -2.04. The van der Waals surface area contributed by atoms with Crippen molar-refractivity contribution in [3.63, 3.8) is 0 Å². The van der Waals surface area contributed by atoms with E-state index in [4.69, 9.17) is 9.53 Å². The Bertz CT molecular complexity index is 411. The van der Waals surface area contributed by atoms with Gasteiger partial charge in [-0.2, -0.15) is 0 Å². The molecule has 4 N–H and O–H groups in total. The highest BCUT2D eigenvalue weighted by molar-refractivity contribution is 5.69. The molecule has 0 heterocycles. The number of esters is 1. The third kappa shape index (κ3) is 29.9. The minimum Gasteiger partial charge on any atom is -0.466 e. The van der Waals surface area contributed by atoms with Gasteiger partial charge in [-0.15, -0.1) is 0 Å². The van der Waals surface area contributed by atoms with E-state index < -0.39 is 6.03 Å². The first-order valence-corrected chi connectivity index (χ1v) is 9.70. The number of carbonyl (C=O) groups is 2. The lowest BCUT2D eigenvalue weighted by Crippen LogP contribution is -2.18. The molecule has 0 rings (SSSR count). The Labute approximate surface area is 159 Å². The fourth-order valence-electron chi connectivity index (χ4n) is 2.12. The maximum Gasteiger partial charge on any atom is 0.309 e. The molecule has 5 nitrogen and oxygen atoms in total. The molecule has 0 aliphatic carbocycles. The van der Waals surface area contributed by atoms with Crippen molar-refractivity contribution in [3.8, 4) is 0 Å². The number of urea groups is 1. The highest BCUT2D eigenvalue weighted by Gasteiger charge is 2.00. The molecular weight excluding hydrogens is 328 g/mol. The van der Waals surface area contributed by atoms with Crippen molar-refractivity contribution >= 4 is 12.0 Å². The zero-order chi connectivity index (χ0) is 19.9. The number of hydrogen-bond donors (Lipinski definition) is 2. The summed E-state index contributed by atoms with van der Waals surface area (Å²) < 4.78 is 4.90. The van der Waals surface area contributed by atoms with Crippen molar-refractivity contribution in [1.29, 1.82) is 0 Å². The lowest BCUT2D eigenvalue weighted by atomic mass is 10.1. The predicted octanol–water partition coefficient (Wildman–Crippen LogP) is 5.16. The van der Waals surface area contributed by atoms with Crippen LogP contribution in [0.3, 0.4) is 0 Å². The summed E-state index contributed by atoms with van der Waals surface area (Å²) in [5.74, 6) is -0.0522. The predicted molar refractivity (Wildman–Crippen MR) is 110 cm³/mol. The number of rotatable bonds is 14. The third-order valence-electron chi connectivity index (χ3n) is 3.34. The van der Waals surface area contributed by atoms with Gasteiger partial charge in [0.25, 0.3) is 0 Å². The number of amides is 2. The van der Waals surface area contributed by atoms with Gasteiger partial charge in [0.1, 0.15) is 0 Å². The van der Waals surface area contributed by atoms with Gasteiger partial charge in [-0.3, -0.25) is 4.79 Å². The Morgan fingerprint density at radius 1 is 0.769 bits per heavy atom. The largest absolute Gasteiger partial charge is 0.466 e. The lowest BCUT2D eigenvalue weighted by molar-refractivity contribution is -0.143. The molecule has 0 aliphatic heterocycles. The van der Waals surface area contributed by atoms with E-state index >= 15 is 0 Å². The Kier molecular flexibility index (Phi) is 23.1. The zero-order valence-electron chi connectivity index (χ0n) is 16.6. The summed E-state index contributed by atoms with van der Waals surface area (Å²) in [7, 11) is 0. The first kappa shape index (κ1) is 26.2. The number of unbranched alkanes of at least 4 members (excludes halogenated alkanes) is 5. The van der Waals surface area contributed by atoms with E-state index in [0.29, 0.717) is 13.0 Å². The normalized spacial score (nSPS) is 11.0. The van der Waals surface area contributed by atoms with E-state index in [1.807, 2.05) is 6.92 Å². The quantitative estimate of drug-likeness (QED) is 0.252. The van der Waals surface area contributed by atoms with Gasteiger partial charge in [-0.05, 0) is 45.4 Å². The summed E-state index contributed by atoms with van der Waals surface area (Å²) in [6.45, 7) is 4.50. The van der Waals surface area contributed by atoms with Gasteiger partial charge in [-0.25, -0.2) is 4.79 Å². The average molecular weight is 367 g/mol. The molecule has 0 aromatic carbocycles. The zero-order valence-corrected chi connectivity index (χ0v) is 16.6. The topological polar surface area (TPSA) is 95.4 Å². The molecule has 0 saturated heterocycles. The van der Waals surface area contributed by atoms with Crippen LogP contribution < -0.4 is 11.5 Å². The van der Waals surface area contributed by atoms with Crippen molar-refractivity contribution < 1.29 is 14.3 Å². The Morgan fingerprint density at radius 2 is 1.27 bits per heavy atom. The highest BCUT2D eigenvalue weighted by Crippen LogP contribution is 2.08. The highest BCUT2D eigenvalue weighted by atomic mass is 16.5. The van der Waals surface area contributed by atoms with Gasteiger partial charge in [0.2, 0.25) is 0 Å². The van der Waals surface area contributed by atoms with E-state index in [1.165, 1.54) is 25.7 Å². The molecule has 0 aliphatic rings. The first-order valence-electron chi connectivity index (χ1n) is 9.70. The van der Waals surface area contributed by atoms with Crippen molar-refractivity contribution in [2.24, 2.45) is 11.5 Å². The fraction of sp³-hybridized carbons (Fsp3) is 0.619. The molecule has 0 aromatic heterocycles. The SMILES string of the molecule is CC/C=C\C/C=C\C/C=C\CCCCCCCC(=O)OCC.NC(N)=O. The van der Waals surface area contributed by atoms with Gasteiger partial charge in [0.05, 0.1) is 6.61 Å². The van der Waals surface area contributed by atoms with E-state index in [-0.39, 0.29) is 5.97 Å². The smallest absolute Gasteiger partial charge is 0.309 e. The van der Waals surface area contributed by atoms with Gasteiger partial charge in [0, 0.05) is 6.42 Å². The van der Waals surface area contributed by atoms with Crippen LogP contribution in [0, 0.1) is 0 Å². The molecule has 0 aromatic rings. The van der Waals surface area contributed by atoms with Gasteiger partial charge in [-0.1, -0.05) is 62.6 Å². The molecule has 0 unspecified atom stereocenters. The van der Waals surface area contributed by atoms with Crippen LogP contribution in [0.2, 0.25) is 0 Å². The van der Waals surface area contributed by atoms with Gasteiger partial charge in [0.15, 0.2) is 0 Å². The van der Waals surface area contributed by atoms with Gasteiger partial charge >= 0.3 is 12.0 Å².